The Morgan fingerprint density at radius 1 is 1.21 bits per heavy atom. The summed E-state index contributed by atoms with van der Waals surface area (Å²) in [6.45, 7) is 8.81. The van der Waals surface area contributed by atoms with Gasteiger partial charge < -0.3 is 4.74 Å². The normalized spacial score (nSPS) is 15.8. The Bertz CT molecular complexity index is 753. The van der Waals surface area contributed by atoms with Gasteiger partial charge in [0.1, 0.15) is 5.60 Å². The maximum absolute atomic E-state index is 12.5. The van der Waals surface area contributed by atoms with Crippen LogP contribution < -0.4 is 0 Å². The number of rotatable bonds is 3. The monoisotopic (exact) mass is 326 g/mol. The molecule has 3 rings (SSSR count). The second-order valence-electron chi connectivity index (χ2n) is 7.33. The molecule has 1 aliphatic rings. The molecule has 2 aromatic rings. The molecule has 0 bridgehead atoms. The summed E-state index contributed by atoms with van der Waals surface area (Å²) >= 11 is 0. The molecule has 0 atom stereocenters. The summed E-state index contributed by atoms with van der Waals surface area (Å²) in [7, 11) is 0. The number of ether oxygens (including phenoxy) is 1. The lowest BCUT2D eigenvalue weighted by atomic mass is 10.1. The fraction of sp³-hybridized carbons (Fsp3) is 0.450. The van der Waals surface area contributed by atoms with Gasteiger partial charge in [0.2, 0.25) is 0 Å². The molecule has 0 radical (unpaired) electrons. The third-order valence-corrected chi connectivity index (χ3v) is 4.22. The topological polar surface area (TPSA) is 34.5 Å². The molecule has 1 aliphatic heterocycles. The van der Waals surface area contributed by atoms with Crippen LogP contribution in [-0.2, 0) is 11.2 Å². The first-order valence-corrected chi connectivity index (χ1v) is 8.64. The molecule has 0 unspecified atom stereocenters. The van der Waals surface area contributed by atoms with Crippen molar-refractivity contribution in [2.75, 3.05) is 19.6 Å². The van der Waals surface area contributed by atoms with Crippen LogP contribution in [0.25, 0.3) is 10.9 Å². The summed E-state index contributed by atoms with van der Waals surface area (Å²) in [5, 5.41) is 1.14. The highest BCUT2D eigenvalue weighted by Crippen LogP contribution is 2.23. The molecule has 1 aromatic heterocycles. The van der Waals surface area contributed by atoms with E-state index in [4.69, 9.17) is 4.74 Å². The van der Waals surface area contributed by atoms with Crippen LogP contribution in [0, 0.1) is 0 Å². The van der Waals surface area contributed by atoms with Gasteiger partial charge >= 0.3 is 6.09 Å². The van der Waals surface area contributed by atoms with Gasteiger partial charge in [0.15, 0.2) is 0 Å². The number of nitrogens with zero attached hydrogens (tertiary/aromatic N) is 2. The molecular weight excluding hydrogens is 300 g/mol. The van der Waals surface area contributed by atoms with E-state index in [1.807, 2.05) is 45.2 Å². The highest BCUT2D eigenvalue weighted by molar-refractivity contribution is 5.92. The molecule has 0 saturated carbocycles. The molecule has 24 heavy (non-hydrogen) atoms. The first-order valence-electron chi connectivity index (χ1n) is 8.64. The summed E-state index contributed by atoms with van der Waals surface area (Å²) in [6, 6.07) is 8.05. The van der Waals surface area contributed by atoms with Crippen molar-refractivity contribution in [1.82, 2.24) is 9.47 Å². The van der Waals surface area contributed by atoms with Crippen molar-refractivity contribution in [2.24, 2.45) is 0 Å². The van der Waals surface area contributed by atoms with Crippen molar-refractivity contribution < 1.29 is 9.53 Å². The number of aromatic nitrogens is 1. The minimum atomic E-state index is -0.497. The molecule has 4 nitrogen and oxygen atoms in total. The molecule has 0 spiro atoms. The van der Waals surface area contributed by atoms with Gasteiger partial charge in [0, 0.05) is 31.2 Å². The zero-order valence-corrected chi connectivity index (χ0v) is 14.8. The Balaban J connectivity index is 1.83. The number of fused-ring (bicyclic) bond motifs is 1. The molecule has 1 aromatic carbocycles. The molecule has 0 saturated heterocycles. The third-order valence-electron chi connectivity index (χ3n) is 4.22. The maximum atomic E-state index is 12.5. The number of hydrogen-bond acceptors (Lipinski definition) is 3. The van der Waals surface area contributed by atoms with E-state index in [-0.39, 0.29) is 6.09 Å². The van der Waals surface area contributed by atoms with Crippen molar-refractivity contribution in [3.8, 4) is 0 Å². The summed E-state index contributed by atoms with van der Waals surface area (Å²) in [5.74, 6) is 0. The van der Waals surface area contributed by atoms with Crippen molar-refractivity contribution in [3.05, 3.63) is 48.2 Å². The fourth-order valence-electron chi connectivity index (χ4n) is 3.08. The Kier molecular flexibility index (Phi) is 4.76. The van der Waals surface area contributed by atoms with Crippen LogP contribution in [0.1, 0.15) is 32.8 Å². The molecule has 0 fully saturated rings. The fourth-order valence-corrected chi connectivity index (χ4v) is 3.08. The van der Waals surface area contributed by atoms with Gasteiger partial charge in [-0.05, 0) is 45.2 Å². The van der Waals surface area contributed by atoms with Crippen LogP contribution in [0.2, 0.25) is 0 Å². The number of carbonyl (C=O) groups excluding carboxylic acids is 1. The summed E-state index contributed by atoms with van der Waals surface area (Å²) in [6.07, 6.45) is 8.16. The highest BCUT2D eigenvalue weighted by Gasteiger charge is 2.20. The molecule has 0 aliphatic carbocycles. The zero-order valence-electron chi connectivity index (χ0n) is 14.8. The second-order valence-corrected chi connectivity index (χ2v) is 7.33. The number of benzene rings is 1. The first-order chi connectivity index (χ1) is 11.4. The SMILES string of the molecule is CC(C)(C)OC(=O)n1cc(CCN2CC=CCC2)c2ccccc21. The van der Waals surface area contributed by atoms with Crippen LogP contribution >= 0.6 is 0 Å². The highest BCUT2D eigenvalue weighted by atomic mass is 16.6. The largest absolute Gasteiger partial charge is 0.443 e. The summed E-state index contributed by atoms with van der Waals surface area (Å²) in [5.41, 5.74) is 1.62. The van der Waals surface area contributed by atoms with Crippen LogP contribution in [0.5, 0.6) is 0 Å². The van der Waals surface area contributed by atoms with Crippen LogP contribution in [0.15, 0.2) is 42.6 Å². The van der Waals surface area contributed by atoms with Gasteiger partial charge in [-0.15, -0.1) is 0 Å². The van der Waals surface area contributed by atoms with E-state index in [0.717, 1.165) is 43.4 Å². The van der Waals surface area contributed by atoms with Gasteiger partial charge in [0.05, 0.1) is 5.52 Å². The Morgan fingerprint density at radius 2 is 2.00 bits per heavy atom. The van der Waals surface area contributed by atoms with Gasteiger partial charge in [-0.3, -0.25) is 9.47 Å². The van der Waals surface area contributed by atoms with Crippen molar-refractivity contribution in [3.63, 3.8) is 0 Å². The lowest BCUT2D eigenvalue weighted by molar-refractivity contribution is 0.0544. The predicted molar refractivity (Wildman–Crippen MR) is 97.5 cm³/mol. The van der Waals surface area contributed by atoms with Crippen LogP contribution in [0.4, 0.5) is 4.79 Å². The standard InChI is InChI=1S/C20H26N2O2/c1-20(2,3)24-19(23)22-15-16(17-9-5-6-10-18(17)22)11-14-21-12-7-4-8-13-21/h4-7,9-10,15H,8,11-14H2,1-3H3. The van der Waals surface area contributed by atoms with Crippen LogP contribution in [0.3, 0.4) is 0 Å². The molecular formula is C20H26N2O2. The summed E-state index contributed by atoms with van der Waals surface area (Å²) < 4.78 is 7.19. The average molecular weight is 326 g/mol. The van der Waals surface area contributed by atoms with E-state index in [1.54, 1.807) is 4.57 Å². The van der Waals surface area contributed by atoms with Gasteiger partial charge in [0.25, 0.3) is 0 Å². The van der Waals surface area contributed by atoms with E-state index >= 15 is 0 Å². The van der Waals surface area contributed by atoms with E-state index in [9.17, 15) is 4.79 Å². The minimum Gasteiger partial charge on any atom is -0.443 e. The van der Waals surface area contributed by atoms with Gasteiger partial charge in [-0.25, -0.2) is 4.79 Å². The van der Waals surface area contributed by atoms with E-state index < -0.39 is 5.60 Å². The number of para-hydroxylation sites is 1. The summed E-state index contributed by atoms with van der Waals surface area (Å²) in [4.78, 5) is 15.0. The first kappa shape index (κ1) is 16.8. The van der Waals surface area contributed by atoms with Crippen LogP contribution in [-0.4, -0.2) is 40.8 Å². The lowest BCUT2D eigenvalue weighted by Crippen LogP contribution is -2.29. The van der Waals surface area contributed by atoms with Gasteiger partial charge in [-0.2, -0.15) is 0 Å². The predicted octanol–water partition coefficient (Wildman–Crippen LogP) is 4.23. The third kappa shape index (κ3) is 3.88. The van der Waals surface area contributed by atoms with E-state index in [1.165, 1.54) is 5.56 Å². The quantitative estimate of drug-likeness (QED) is 0.792. The average Bonchev–Trinajstić information content (AvgIpc) is 2.91. The molecule has 0 amide bonds. The number of hydrogen-bond donors (Lipinski definition) is 0. The van der Waals surface area contributed by atoms with Gasteiger partial charge in [-0.1, -0.05) is 30.4 Å². The van der Waals surface area contributed by atoms with Crippen molar-refractivity contribution in [1.29, 1.82) is 0 Å². The lowest BCUT2D eigenvalue weighted by Gasteiger charge is -2.22. The van der Waals surface area contributed by atoms with E-state index in [0.29, 0.717) is 0 Å². The molecule has 2 heterocycles. The Labute approximate surface area is 143 Å². The Morgan fingerprint density at radius 3 is 2.71 bits per heavy atom. The van der Waals surface area contributed by atoms with Crippen molar-refractivity contribution in [2.45, 2.75) is 39.2 Å². The van der Waals surface area contributed by atoms with E-state index in [2.05, 4.69) is 23.1 Å². The second kappa shape index (κ2) is 6.81. The molecule has 128 valence electrons. The zero-order chi connectivity index (χ0) is 17.2. The molecule has 0 N–H and O–H groups in total. The maximum Gasteiger partial charge on any atom is 0.419 e. The Hall–Kier alpha value is -2.07. The van der Waals surface area contributed by atoms with Crippen molar-refractivity contribution >= 4 is 17.0 Å². The minimum absolute atomic E-state index is 0.314. The molecule has 4 heteroatoms. The smallest absolute Gasteiger partial charge is 0.419 e. The number of carbonyl (C=O) groups is 1.